The number of fused-ring (bicyclic) bond motifs is 1. The molecule has 0 radical (unpaired) electrons. The first kappa shape index (κ1) is 8.68. The minimum absolute atomic E-state index is 0.421. The summed E-state index contributed by atoms with van der Waals surface area (Å²) in [6.45, 7) is 2.21. The Morgan fingerprint density at radius 1 is 1.43 bits per heavy atom. The zero-order valence-corrected chi connectivity index (χ0v) is 7.60. The van der Waals surface area contributed by atoms with Crippen LogP contribution in [0.5, 0.6) is 0 Å². The van der Waals surface area contributed by atoms with Gasteiger partial charge in [-0.2, -0.15) is 9.57 Å². The summed E-state index contributed by atoms with van der Waals surface area (Å²) in [6, 6.07) is 3.34. The van der Waals surface area contributed by atoms with Crippen molar-refractivity contribution in [3.8, 4) is 0 Å². The van der Waals surface area contributed by atoms with E-state index in [1.54, 1.807) is 25.3 Å². The highest BCUT2D eigenvalue weighted by molar-refractivity contribution is 6.36. The van der Waals surface area contributed by atoms with E-state index in [1.165, 1.54) is 4.58 Å². The molecule has 0 spiro atoms. The number of pyridine rings is 1. The van der Waals surface area contributed by atoms with E-state index < -0.39 is 11.8 Å². The van der Waals surface area contributed by atoms with E-state index in [9.17, 15) is 9.59 Å². The number of nitrogens with zero attached hydrogens (tertiary/aromatic N) is 3. The summed E-state index contributed by atoms with van der Waals surface area (Å²) < 4.78 is 1.32. The highest BCUT2D eigenvalue weighted by Crippen LogP contribution is 1.82. The van der Waals surface area contributed by atoms with Crippen molar-refractivity contribution >= 4 is 11.8 Å². The maximum absolute atomic E-state index is 11.4. The van der Waals surface area contributed by atoms with Crippen molar-refractivity contribution in [2.75, 3.05) is 6.54 Å². The van der Waals surface area contributed by atoms with Gasteiger partial charge >= 0.3 is 17.3 Å². The molecule has 0 atom stereocenters. The van der Waals surface area contributed by atoms with Crippen LogP contribution in [0.2, 0.25) is 0 Å². The molecule has 5 nitrogen and oxygen atoms in total. The van der Waals surface area contributed by atoms with Gasteiger partial charge in [0.25, 0.3) is 0 Å². The molecule has 2 amide bonds. The van der Waals surface area contributed by atoms with E-state index in [0.29, 0.717) is 17.4 Å². The molecule has 1 aromatic heterocycles. The van der Waals surface area contributed by atoms with E-state index >= 15 is 0 Å². The van der Waals surface area contributed by atoms with Gasteiger partial charge in [0.1, 0.15) is 6.20 Å². The molecule has 2 heterocycles. The Kier molecular flexibility index (Phi) is 1.92. The van der Waals surface area contributed by atoms with Crippen molar-refractivity contribution in [1.29, 1.82) is 0 Å². The number of likely N-dealkylation sites (N-methyl/N-ethyl adjacent to an activating group) is 1. The third-order valence-corrected chi connectivity index (χ3v) is 1.99. The molecule has 0 N–H and O–H groups in total. The minimum Gasteiger partial charge on any atom is -0.258 e. The maximum Gasteiger partial charge on any atom is 0.401 e. The fraction of sp³-hybridized carbons (Fsp3) is 0.222. The highest BCUT2D eigenvalue weighted by atomic mass is 16.2. The Hall–Kier alpha value is -1.91. The topological polar surface area (TPSA) is 62.4 Å². The molecule has 0 aromatic carbocycles. The lowest BCUT2D eigenvalue weighted by Gasteiger charge is -2.00. The first-order valence-electron chi connectivity index (χ1n) is 4.26. The number of amides is 2. The van der Waals surface area contributed by atoms with Crippen molar-refractivity contribution < 1.29 is 9.59 Å². The standard InChI is InChI=1S/C9H8N3O2/c1-2-12-7-6(4-3-5-10-7)11-8(13)9(12)14/h3-5H,2H2,1H3/q+1. The van der Waals surface area contributed by atoms with Gasteiger partial charge < -0.3 is 0 Å². The van der Waals surface area contributed by atoms with Gasteiger partial charge in [-0.3, -0.25) is 4.79 Å². The van der Waals surface area contributed by atoms with Crippen LogP contribution < -0.4 is 15.4 Å². The van der Waals surface area contributed by atoms with Gasteiger partial charge in [0, 0.05) is 0 Å². The number of aromatic nitrogens is 1. The van der Waals surface area contributed by atoms with Gasteiger partial charge in [-0.15, -0.1) is 0 Å². The Morgan fingerprint density at radius 2 is 2.21 bits per heavy atom. The SMILES string of the molecule is CC[N+]1=c2ncccc2=NC(=O)C1=O. The predicted molar refractivity (Wildman–Crippen MR) is 46.8 cm³/mol. The average molecular weight is 190 g/mol. The van der Waals surface area contributed by atoms with Crippen LogP contribution in [0.25, 0.3) is 0 Å². The average Bonchev–Trinajstić information content (AvgIpc) is 2.20. The number of rotatable bonds is 1. The van der Waals surface area contributed by atoms with Crippen molar-refractivity contribution in [3.63, 3.8) is 0 Å². The third-order valence-electron chi connectivity index (χ3n) is 1.99. The Labute approximate surface area is 79.4 Å². The fourth-order valence-electron chi connectivity index (χ4n) is 1.35. The summed E-state index contributed by atoms with van der Waals surface area (Å²) in [4.78, 5) is 30.2. The molecule has 1 aromatic rings. The van der Waals surface area contributed by atoms with Crippen molar-refractivity contribution in [2.24, 2.45) is 4.99 Å². The quantitative estimate of drug-likeness (QED) is 0.391. The second kappa shape index (κ2) is 3.10. The molecule has 5 heteroatoms. The molecular formula is C9H8N3O2+. The first-order chi connectivity index (χ1) is 6.74. The van der Waals surface area contributed by atoms with Gasteiger partial charge in [0.15, 0.2) is 5.36 Å². The van der Waals surface area contributed by atoms with Crippen LogP contribution in [0.15, 0.2) is 23.3 Å². The molecule has 0 bridgehead atoms. The molecule has 1 aliphatic heterocycles. The molecule has 70 valence electrons. The number of carbonyl (C=O) groups is 2. The molecule has 1 aliphatic rings. The molecule has 14 heavy (non-hydrogen) atoms. The van der Waals surface area contributed by atoms with Crippen LogP contribution >= 0.6 is 0 Å². The monoisotopic (exact) mass is 190 g/mol. The lowest BCUT2D eigenvalue weighted by Crippen LogP contribution is -2.51. The normalized spacial score (nSPS) is 15.1. The molecule has 0 aliphatic carbocycles. The van der Waals surface area contributed by atoms with E-state index in [0.717, 1.165) is 0 Å². The molecule has 0 saturated carbocycles. The summed E-state index contributed by atoms with van der Waals surface area (Å²) in [5.74, 6) is -1.34. The summed E-state index contributed by atoms with van der Waals surface area (Å²) >= 11 is 0. The predicted octanol–water partition coefficient (Wildman–Crippen LogP) is -1.72. The van der Waals surface area contributed by atoms with Gasteiger partial charge in [0.2, 0.25) is 0 Å². The van der Waals surface area contributed by atoms with Gasteiger partial charge in [-0.25, -0.2) is 4.79 Å². The van der Waals surface area contributed by atoms with E-state index in [-0.39, 0.29) is 0 Å². The van der Waals surface area contributed by atoms with E-state index in [1.807, 2.05) is 0 Å². The van der Waals surface area contributed by atoms with Crippen LogP contribution in [0.4, 0.5) is 0 Å². The zero-order chi connectivity index (χ0) is 10.1. The largest absolute Gasteiger partial charge is 0.401 e. The molecule has 2 rings (SSSR count). The van der Waals surface area contributed by atoms with E-state index in [2.05, 4.69) is 9.98 Å². The minimum atomic E-state index is -0.729. The summed E-state index contributed by atoms with van der Waals surface area (Å²) in [6.07, 6.45) is 1.57. The Balaban J connectivity index is 2.92. The van der Waals surface area contributed by atoms with Gasteiger partial charge in [-0.1, -0.05) is 0 Å². The lowest BCUT2D eigenvalue weighted by atomic mass is 10.4. The second-order valence-electron chi connectivity index (χ2n) is 2.81. The van der Waals surface area contributed by atoms with E-state index in [4.69, 9.17) is 0 Å². The summed E-state index contributed by atoms with van der Waals surface area (Å²) in [5.41, 5.74) is 0.458. The molecule has 0 fully saturated rings. The van der Waals surface area contributed by atoms with Gasteiger partial charge in [0.05, 0.1) is 6.54 Å². The number of carbonyl (C=O) groups excluding carboxylic acids is 2. The van der Waals surface area contributed by atoms with Crippen LogP contribution in [0.3, 0.4) is 0 Å². The smallest absolute Gasteiger partial charge is 0.258 e. The van der Waals surface area contributed by atoms with Crippen LogP contribution in [-0.4, -0.2) is 23.3 Å². The number of hydrogen-bond acceptors (Lipinski definition) is 3. The van der Waals surface area contributed by atoms with Crippen LogP contribution in [0, 0.1) is 0 Å². The molecule has 0 unspecified atom stereocenters. The lowest BCUT2D eigenvalue weighted by molar-refractivity contribution is -0.139. The van der Waals surface area contributed by atoms with Gasteiger partial charge in [-0.05, 0) is 24.0 Å². The van der Waals surface area contributed by atoms with Crippen LogP contribution in [0.1, 0.15) is 6.92 Å². The Bertz CT molecular complexity index is 533. The van der Waals surface area contributed by atoms with Crippen molar-refractivity contribution in [2.45, 2.75) is 6.92 Å². The fourth-order valence-corrected chi connectivity index (χ4v) is 1.35. The van der Waals surface area contributed by atoms with Crippen molar-refractivity contribution in [1.82, 2.24) is 9.56 Å². The maximum atomic E-state index is 11.4. The molecule has 0 saturated heterocycles. The highest BCUT2D eigenvalue weighted by Gasteiger charge is 2.27. The molecular weight excluding hydrogens is 182 g/mol. The second-order valence-corrected chi connectivity index (χ2v) is 2.81. The number of hydrogen-bond donors (Lipinski definition) is 0. The zero-order valence-electron chi connectivity index (χ0n) is 7.60. The third kappa shape index (κ3) is 1.14. The van der Waals surface area contributed by atoms with Crippen LogP contribution in [-0.2, 0) is 9.59 Å². The summed E-state index contributed by atoms with van der Waals surface area (Å²) in [5, 5.41) is 0.457. The Morgan fingerprint density at radius 3 is 2.93 bits per heavy atom. The van der Waals surface area contributed by atoms with Crippen molar-refractivity contribution in [3.05, 3.63) is 29.2 Å². The first-order valence-corrected chi connectivity index (χ1v) is 4.26. The summed E-state index contributed by atoms with van der Waals surface area (Å²) in [7, 11) is 0.